The van der Waals surface area contributed by atoms with Crippen LogP contribution < -0.4 is 0 Å². The number of hydrogen-bond donors (Lipinski definition) is 4. The zero-order chi connectivity index (χ0) is 23.5. The lowest BCUT2D eigenvalue weighted by atomic mass is 9.99. The summed E-state index contributed by atoms with van der Waals surface area (Å²) in [5.74, 6) is 0. The SMILES string of the molecule is CCCCCCCCCC[Si](C)(C)CCO[C@@H]1O[C@H](CO)[C@@H](O)[C@H](O)[C@H]1OS(=O)(=O)O. The molecule has 1 saturated heterocycles. The van der Waals surface area contributed by atoms with Crippen molar-refractivity contribution in [3.63, 3.8) is 0 Å². The molecule has 0 aromatic heterocycles. The summed E-state index contributed by atoms with van der Waals surface area (Å²) < 4.78 is 46.7. The molecule has 0 bridgehead atoms. The van der Waals surface area contributed by atoms with Crippen LogP contribution in [-0.4, -0.2) is 80.3 Å². The Kier molecular flexibility index (Phi) is 13.3. The van der Waals surface area contributed by atoms with Crippen LogP contribution >= 0.6 is 0 Å². The second-order valence-electron chi connectivity index (χ2n) is 9.21. The first-order chi connectivity index (χ1) is 14.5. The summed E-state index contributed by atoms with van der Waals surface area (Å²) in [6, 6.07) is 1.95. The molecule has 31 heavy (non-hydrogen) atoms. The number of aliphatic hydroxyl groups is 3. The van der Waals surface area contributed by atoms with Gasteiger partial charge in [-0.05, 0) is 6.04 Å². The van der Waals surface area contributed by atoms with Crippen molar-refractivity contribution in [2.24, 2.45) is 0 Å². The summed E-state index contributed by atoms with van der Waals surface area (Å²) in [7, 11) is -6.44. The van der Waals surface area contributed by atoms with Crippen LogP contribution in [0.15, 0.2) is 0 Å². The first-order valence-corrected chi connectivity index (χ1v) is 16.2. The third-order valence-electron chi connectivity index (χ3n) is 5.83. The molecule has 1 aliphatic heterocycles. The highest BCUT2D eigenvalue weighted by Gasteiger charge is 2.47. The zero-order valence-corrected chi connectivity index (χ0v) is 20.9. The largest absolute Gasteiger partial charge is 0.397 e. The van der Waals surface area contributed by atoms with Gasteiger partial charge >= 0.3 is 10.4 Å². The smallest absolute Gasteiger partial charge is 0.394 e. The molecule has 0 radical (unpaired) electrons. The summed E-state index contributed by atoms with van der Waals surface area (Å²) in [5, 5.41) is 29.4. The van der Waals surface area contributed by atoms with Crippen molar-refractivity contribution in [1.29, 1.82) is 0 Å². The predicted molar refractivity (Wildman–Crippen MR) is 120 cm³/mol. The highest BCUT2D eigenvalue weighted by atomic mass is 32.3. The number of aliphatic hydroxyl groups excluding tert-OH is 3. The monoisotopic (exact) mass is 486 g/mol. The van der Waals surface area contributed by atoms with Crippen molar-refractivity contribution >= 4 is 18.5 Å². The van der Waals surface area contributed by atoms with E-state index in [1.54, 1.807) is 0 Å². The molecule has 9 nitrogen and oxygen atoms in total. The molecule has 4 N–H and O–H groups in total. The Balaban J connectivity index is 2.44. The molecular formula is C20H42O9SSi. The number of ether oxygens (including phenoxy) is 2. The maximum Gasteiger partial charge on any atom is 0.397 e. The Morgan fingerprint density at radius 3 is 2.06 bits per heavy atom. The van der Waals surface area contributed by atoms with Crippen LogP contribution in [0, 0.1) is 0 Å². The molecule has 0 unspecified atom stereocenters. The van der Waals surface area contributed by atoms with Gasteiger partial charge in [-0.3, -0.25) is 4.55 Å². The van der Waals surface area contributed by atoms with E-state index in [9.17, 15) is 23.7 Å². The van der Waals surface area contributed by atoms with E-state index in [0.717, 1.165) is 12.1 Å². The van der Waals surface area contributed by atoms with E-state index in [2.05, 4.69) is 24.2 Å². The van der Waals surface area contributed by atoms with Gasteiger partial charge in [0, 0.05) is 14.7 Å². The first-order valence-electron chi connectivity index (χ1n) is 11.4. The van der Waals surface area contributed by atoms with Crippen LogP contribution in [0.5, 0.6) is 0 Å². The topological polar surface area (TPSA) is 143 Å². The molecule has 186 valence electrons. The fraction of sp³-hybridized carbons (Fsp3) is 1.00. The first kappa shape index (κ1) is 28.9. The molecule has 0 aromatic rings. The minimum Gasteiger partial charge on any atom is -0.394 e. The average molecular weight is 487 g/mol. The third-order valence-corrected chi connectivity index (χ3v) is 9.56. The van der Waals surface area contributed by atoms with Crippen LogP contribution in [0.25, 0.3) is 0 Å². The van der Waals surface area contributed by atoms with Crippen molar-refractivity contribution < 1.29 is 41.9 Å². The Morgan fingerprint density at radius 2 is 1.52 bits per heavy atom. The lowest BCUT2D eigenvalue weighted by molar-refractivity contribution is -0.294. The van der Waals surface area contributed by atoms with Crippen LogP contribution in [-0.2, 0) is 24.1 Å². The van der Waals surface area contributed by atoms with Gasteiger partial charge in [0.1, 0.15) is 18.3 Å². The second-order valence-corrected chi connectivity index (χ2v) is 15.6. The predicted octanol–water partition coefficient (Wildman–Crippen LogP) is 2.48. The van der Waals surface area contributed by atoms with Gasteiger partial charge in [0.05, 0.1) is 6.61 Å². The Morgan fingerprint density at radius 1 is 0.935 bits per heavy atom. The summed E-state index contributed by atoms with van der Waals surface area (Å²) >= 11 is 0. The van der Waals surface area contributed by atoms with Crippen molar-refractivity contribution in [1.82, 2.24) is 0 Å². The standard InChI is InChI=1S/C20H42O9SSi/c1-4-5-6-7-8-9-10-11-13-31(2,3)14-12-27-20-19(29-30(24,25)26)18(23)17(22)16(15-21)28-20/h16-23H,4-15H2,1-3H3,(H,24,25,26)/t16-,17-,18+,19-,20-/m1/s1. The third kappa shape index (κ3) is 11.5. The number of rotatable bonds is 16. The van der Waals surface area contributed by atoms with Gasteiger partial charge in [-0.15, -0.1) is 0 Å². The van der Waals surface area contributed by atoms with E-state index < -0.39 is 55.8 Å². The van der Waals surface area contributed by atoms with Crippen molar-refractivity contribution in [3.8, 4) is 0 Å². The summed E-state index contributed by atoms with van der Waals surface area (Å²) in [6.07, 6.45) is 2.75. The molecule has 0 saturated carbocycles. The van der Waals surface area contributed by atoms with E-state index in [0.29, 0.717) is 0 Å². The van der Waals surface area contributed by atoms with Gasteiger partial charge in [-0.2, -0.15) is 8.42 Å². The van der Waals surface area contributed by atoms with E-state index in [4.69, 9.17) is 14.0 Å². The number of unbranched alkanes of at least 4 members (excludes halogenated alkanes) is 7. The minimum absolute atomic E-state index is 0.257. The van der Waals surface area contributed by atoms with Gasteiger partial charge in [-0.1, -0.05) is 77.4 Å². The molecule has 1 rings (SSSR count). The van der Waals surface area contributed by atoms with Crippen LogP contribution in [0.1, 0.15) is 58.3 Å². The van der Waals surface area contributed by atoms with E-state index in [1.807, 2.05) is 0 Å². The molecule has 1 aliphatic rings. The van der Waals surface area contributed by atoms with Crippen molar-refractivity contribution in [2.45, 2.75) is 114 Å². The van der Waals surface area contributed by atoms with Crippen LogP contribution in [0.3, 0.4) is 0 Å². The maximum absolute atomic E-state index is 11.1. The molecule has 1 fully saturated rings. The maximum atomic E-state index is 11.1. The van der Waals surface area contributed by atoms with Gasteiger partial charge in [0.15, 0.2) is 12.4 Å². The Labute approximate surface area is 188 Å². The fourth-order valence-electron chi connectivity index (χ4n) is 3.75. The molecule has 0 aromatic carbocycles. The highest BCUT2D eigenvalue weighted by molar-refractivity contribution is 7.80. The molecule has 11 heteroatoms. The lowest BCUT2D eigenvalue weighted by Crippen LogP contribution is -2.60. The van der Waals surface area contributed by atoms with Crippen molar-refractivity contribution in [3.05, 3.63) is 0 Å². The van der Waals surface area contributed by atoms with Crippen LogP contribution in [0.2, 0.25) is 25.2 Å². The van der Waals surface area contributed by atoms with E-state index in [-0.39, 0.29) is 6.61 Å². The summed E-state index contributed by atoms with van der Waals surface area (Å²) in [5.41, 5.74) is 0. The lowest BCUT2D eigenvalue weighted by Gasteiger charge is -2.41. The van der Waals surface area contributed by atoms with E-state index >= 15 is 0 Å². The zero-order valence-electron chi connectivity index (χ0n) is 19.1. The molecule has 0 spiro atoms. The summed E-state index contributed by atoms with van der Waals surface area (Å²) in [6.45, 7) is 6.42. The van der Waals surface area contributed by atoms with E-state index in [1.165, 1.54) is 51.4 Å². The van der Waals surface area contributed by atoms with Gasteiger partial charge < -0.3 is 24.8 Å². The van der Waals surface area contributed by atoms with Crippen molar-refractivity contribution in [2.75, 3.05) is 13.2 Å². The molecule has 0 aliphatic carbocycles. The quantitative estimate of drug-likeness (QED) is 0.147. The van der Waals surface area contributed by atoms with Gasteiger partial charge in [0.25, 0.3) is 0 Å². The average Bonchev–Trinajstić information content (AvgIpc) is 2.68. The number of hydrogen-bond acceptors (Lipinski definition) is 8. The molecule has 5 atom stereocenters. The molecule has 0 amide bonds. The minimum atomic E-state index is -4.90. The Bertz CT molecular complexity index is 587. The molecular weight excluding hydrogens is 444 g/mol. The normalized spacial score (nSPS) is 27.5. The summed E-state index contributed by atoms with van der Waals surface area (Å²) in [4.78, 5) is 0. The Hall–Kier alpha value is -0.113. The fourth-order valence-corrected chi connectivity index (χ4v) is 6.36. The molecule has 1 heterocycles. The van der Waals surface area contributed by atoms with Crippen LogP contribution in [0.4, 0.5) is 0 Å². The van der Waals surface area contributed by atoms with Gasteiger partial charge in [0.2, 0.25) is 0 Å². The highest BCUT2D eigenvalue weighted by Crippen LogP contribution is 2.27. The van der Waals surface area contributed by atoms with Gasteiger partial charge in [-0.25, -0.2) is 4.18 Å². The second kappa shape index (κ2) is 14.2.